The van der Waals surface area contributed by atoms with Crippen molar-refractivity contribution in [3.05, 3.63) is 23.0 Å². The summed E-state index contributed by atoms with van der Waals surface area (Å²) in [6.45, 7) is 4.46. The molecular weight excluding hydrogens is 243 g/mol. The molecule has 0 saturated heterocycles. The number of hydrogen-bond acceptors (Lipinski definition) is 2. The molecule has 0 saturated carbocycles. The number of halogens is 2. The summed E-state index contributed by atoms with van der Waals surface area (Å²) in [6.07, 6.45) is 0. The molecule has 1 atom stereocenters. The van der Waals surface area contributed by atoms with Crippen LogP contribution in [0.25, 0.3) is 0 Å². The third-order valence-electron chi connectivity index (χ3n) is 2.97. The fourth-order valence-electron chi connectivity index (χ4n) is 1.87. The summed E-state index contributed by atoms with van der Waals surface area (Å²) in [5, 5.41) is 5.85. The topological polar surface area (TPSA) is 41.1 Å². The number of carbonyl (C=O) groups excluding carboxylic acids is 1. The summed E-state index contributed by atoms with van der Waals surface area (Å²) in [4.78, 5) is 11.9. The molecule has 0 spiro atoms. The molecule has 0 radical (unpaired) electrons. The van der Waals surface area contributed by atoms with Gasteiger partial charge in [-0.25, -0.2) is 4.39 Å². The molecule has 0 aromatic heterocycles. The van der Waals surface area contributed by atoms with Gasteiger partial charge >= 0.3 is 0 Å². The number of amides is 1. The quantitative estimate of drug-likeness (QED) is 0.811. The Morgan fingerprint density at radius 2 is 2.12 bits per heavy atom. The highest BCUT2D eigenvalue weighted by molar-refractivity contribution is 6.31. The van der Waals surface area contributed by atoms with E-state index in [9.17, 15) is 9.18 Å². The fraction of sp³-hybridized carbons (Fsp3) is 0.417. The molecule has 1 aliphatic rings. The lowest BCUT2D eigenvalue weighted by Crippen LogP contribution is -2.29. The van der Waals surface area contributed by atoms with Crippen molar-refractivity contribution in [2.24, 2.45) is 11.8 Å². The molecule has 1 aromatic carbocycles. The normalized spacial score (nSPS) is 19.4. The second-order valence-electron chi connectivity index (χ2n) is 4.53. The van der Waals surface area contributed by atoms with Gasteiger partial charge in [0.1, 0.15) is 5.82 Å². The summed E-state index contributed by atoms with van der Waals surface area (Å²) in [5.74, 6) is -0.467. The van der Waals surface area contributed by atoms with Gasteiger partial charge in [0, 0.05) is 12.6 Å². The van der Waals surface area contributed by atoms with Crippen molar-refractivity contribution >= 4 is 28.9 Å². The first kappa shape index (κ1) is 12.2. The van der Waals surface area contributed by atoms with Crippen LogP contribution in [-0.4, -0.2) is 12.5 Å². The van der Waals surface area contributed by atoms with Gasteiger partial charge in [0.05, 0.1) is 22.3 Å². The van der Waals surface area contributed by atoms with E-state index in [2.05, 4.69) is 10.6 Å². The van der Waals surface area contributed by atoms with E-state index < -0.39 is 5.82 Å². The van der Waals surface area contributed by atoms with E-state index in [-0.39, 0.29) is 22.8 Å². The smallest absolute Gasteiger partial charge is 0.229 e. The number of fused-ring (bicyclic) bond motifs is 1. The molecule has 1 heterocycles. The van der Waals surface area contributed by atoms with Gasteiger partial charge in [-0.2, -0.15) is 0 Å². The average Bonchev–Trinajstić information content (AvgIpc) is 2.38. The minimum absolute atomic E-state index is 0.00819. The van der Waals surface area contributed by atoms with E-state index in [4.69, 9.17) is 11.6 Å². The Morgan fingerprint density at radius 1 is 1.41 bits per heavy atom. The molecular formula is C12H14ClFN2O. The minimum Gasteiger partial charge on any atom is -0.382 e. The van der Waals surface area contributed by atoms with E-state index in [1.165, 1.54) is 12.1 Å². The number of benzene rings is 1. The molecule has 1 aliphatic heterocycles. The Hall–Kier alpha value is -1.29. The van der Waals surface area contributed by atoms with E-state index in [0.717, 1.165) is 0 Å². The third-order valence-corrected chi connectivity index (χ3v) is 3.26. The van der Waals surface area contributed by atoms with Crippen LogP contribution in [0, 0.1) is 17.7 Å². The SMILES string of the molecule is CC(C)C1CNc2cc(F)c(Cl)cc2NC1=O. The standard InChI is InChI=1S/C12H14ClFN2O/c1-6(2)7-5-15-10-4-9(14)8(13)3-11(10)16-12(7)17/h3-4,6-7,15H,5H2,1-2H3,(H,16,17). The van der Waals surface area contributed by atoms with E-state index in [1.54, 1.807) is 0 Å². The Bertz CT molecular complexity index is 462. The maximum Gasteiger partial charge on any atom is 0.229 e. The third kappa shape index (κ3) is 2.36. The van der Waals surface area contributed by atoms with Crippen molar-refractivity contribution in [3.63, 3.8) is 0 Å². The number of nitrogens with one attached hydrogen (secondary N) is 2. The lowest BCUT2D eigenvalue weighted by molar-refractivity contribution is -0.120. The first-order valence-electron chi connectivity index (χ1n) is 5.53. The van der Waals surface area contributed by atoms with Gasteiger partial charge in [-0.3, -0.25) is 4.79 Å². The Kier molecular flexibility index (Phi) is 3.24. The van der Waals surface area contributed by atoms with Crippen molar-refractivity contribution in [2.45, 2.75) is 13.8 Å². The van der Waals surface area contributed by atoms with Crippen molar-refractivity contribution in [3.8, 4) is 0 Å². The van der Waals surface area contributed by atoms with Crippen LogP contribution in [0.3, 0.4) is 0 Å². The van der Waals surface area contributed by atoms with Crippen LogP contribution >= 0.6 is 11.6 Å². The van der Waals surface area contributed by atoms with Crippen molar-refractivity contribution < 1.29 is 9.18 Å². The molecule has 2 N–H and O–H groups in total. The van der Waals surface area contributed by atoms with Gasteiger partial charge in [-0.15, -0.1) is 0 Å². The zero-order valence-corrected chi connectivity index (χ0v) is 10.4. The van der Waals surface area contributed by atoms with E-state index in [1.807, 2.05) is 13.8 Å². The molecule has 1 aromatic rings. The van der Waals surface area contributed by atoms with Crippen LogP contribution < -0.4 is 10.6 Å². The van der Waals surface area contributed by atoms with Gasteiger partial charge in [0.25, 0.3) is 0 Å². The molecule has 3 nitrogen and oxygen atoms in total. The highest BCUT2D eigenvalue weighted by Crippen LogP contribution is 2.31. The maximum atomic E-state index is 13.3. The van der Waals surface area contributed by atoms with Crippen LogP contribution in [0.2, 0.25) is 5.02 Å². The Labute approximate surface area is 104 Å². The first-order valence-corrected chi connectivity index (χ1v) is 5.90. The predicted molar refractivity (Wildman–Crippen MR) is 66.9 cm³/mol. The van der Waals surface area contributed by atoms with Crippen molar-refractivity contribution in [1.82, 2.24) is 0 Å². The van der Waals surface area contributed by atoms with Gasteiger partial charge in [-0.1, -0.05) is 25.4 Å². The Balaban J connectivity index is 2.35. The maximum absolute atomic E-state index is 13.3. The fourth-order valence-corrected chi connectivity index (χ4v) is 2.04. The number of hydrogen-bond donors (Lipinski definition) is 2. The van der Waals surface area contributed by atoms with E-state index >= 15 is 0 Å². The highest BCUT2D eigenvalue weighted by atomic mass is 35.5. The molecule has 92 valence electrons. The van der Waals surface area contributed by atoms with Crippen molar-refractivity contribution in [1.29, 1.82) is 0 Å². The molecule has 1 unspecified atom stereocenters. The predicted octanol–water partition coefficient (Wildman–Crippen LogP) is 3.12. The van der Waals surface area contributed by atoms with Crippen molar-refractivity contribution in [2.75, 3.05) is 17.2 Å². The van der Waals surface area contributed by atoms with Crippen LogP contribution in [0.4, 0.5) is 15.8 Å². The van der Waals surface area contributed by atoms with Gasteiger partial charge in [0.15, 0.2) is 0 Å². The summed E-state index contributed by atoms with van der Waals surface area (Å²) >= 11 is 5.69. The van der Waals surface area contributed by atoms with Crippen LogP contribution in [0.1, 0.15) is 13.8 Å². The van der Waals surface area contributed by atoms with Crippen LogP contribution in [0.5, 0.6) is 0 Å². The van der Waals surface area contributed by atoms with Crippen LogP contribution in [0.15, 0.2) is 12.1 Å². The summed E-state index contributed by atoms with van der Waals surface area (Å²) in [6, 6.07) is 2.74. The summed E-state index contributed by atoms with van der Waals surface area (Å²) in [7, 11) is 0. The zero-order valence-electron chi connectivity index (χ0n) is 9.68. The molecule has 0 bridgehead atoms. The van der Waals surface area contributed by atoms with E-state index in [0.29, 0.717) is 17.9 Å². The zero-order chi connectivity index (χ0) is 12.6. The Morgan fingerprint density at radius 3 is 2.76 bits per heavy atom. The summed E-state index contributed by atoms with van der Waals surface area (Å²) in [5.41, 5.74) is 1.10. The summed E-state index contributed by atoms with van der Waals surface area (Å²) < 4.78 is 13.3. The van der Waals surface area contributed by atoms with Gasteiger partial charge in [-0.05, 0) is 12.0 Å². The minimum atomic E-state index is -0.491. The lowest BCUT2D eigenvalue weighted by Gasteiger charge is -2.16. The molecule has 2 rings (SSSR count). The molecule has 0 fully saturated rings. The number of rotatable bonds is 1. The lowest BCUT2D eigenvalue weighted by atomic mass is 9.95. The second kappa shape index (κ2) is 4.53. The molecule has 17 heavy (non-hydrogen) atoms. The first-order chi connectivity index (χ1) is 7.99. The molecule has 5 heteroatoms. The van der Waals surface area contributed by atoms with Gasteiger partial charge < -0.3 is 10.6 Å². The average molecular weight is 257 g/mol. The number of anilines is 2. The van der Waals surface area contributed by atoms with Crippen LogP contribution in [-0.2, 0) is 4.79 Å². The molecule has 1 amide bonds. The largest absolute Gasteiger partial charge is 0.382 e. The molecule has 0 aliphatic carbocycles. The second-order valence-corrected chi connectivity index (χ2v) is 4.94. The highest BCUT2D eigenvalue weighted by Gasteiger charge is 2.26. The van der Waals surface area contributed by atoms with Gasteiger partial charge in [0.2, 0.25) is 5.91 Å². The monoisotopic (exact) mass is 256 g/mol. The number of carbonyl (C=O) groups is 1.